The van der Waals surface area contributed by atoms with E-state index < -0.39 is 5.76 Å². The van der Waals surface area contributed by atoms with Gasteiger partial charge < -0.3 is 10.6 Å². The van der Waals surface area contributed by atoms with Crippen molar-refractivity contribution in [3.63, 3.8) is 0 Å². The largest absolute Gasteiger partial charge is 0.338 e. The molecule has 2 N–H and O–H groups in total. The maximum absolute atomic E-state index is 12.3. The smallest absolute Gasteiger partial charge is 0.288 e. The maximum atomic E-state index is 12.3. The lowest BCUT2D eigenvalue weighted by Gasteiger charge is -2.22. The van der Waals surface area contributed by atoms with Gasteiger partial charge in [-0.15, -0.1) is 0 Å². The first-order valence-corrected chi connectivity index (χ1v) is 7.36. The fraction of sp³-hybridized carbons (Fsp3) is 0.500. The van der Waals surface area contributed by atoms with E-state index in [1.54, 1.807) is 29.2 Å². The number of thioether (sulfide) groups is 1. The van der Waals surface area contributed by atoms with Crippen LogP contribution in [0.15, 0.2) is 29.2 Å². The van der Waals surface area contributed by atoms with Gasteiger partial charge in [0.05, 0.1) is 0 Å². The second kappa shape index (κ2) is 6.10. The van der Waals surface area contributed by atoms with Crippen molar-refractivity contribution in [1.29, 1.82) is 0 Å². The van der Waals surface area contributed by atoms with Crippen LogP contribution in [0.1, 0.15) is 23.7 Å². The molecule has 1 fully saturated rings. The lowest BCUT2D eigenvalue weighted by atomic mass is 9.90. The van der Waals surface area contributed by atoms with E-state index in [0.29, 0.717) is 41.9 Å². The highest BCUT2D eigenvalue weighted by Gasteiger charge is 2.35. The van der Waals surface area contributed by atoms with Crippen molar-refractivity contribution in [1.82, 2.24) is 4.90 Å². The molecule has 0 bridgehead atoms. The molecule has 1 heterocycles. The Labute approximate surface area is 121 Å². The van der Waals surface area contributed by atoms with E-state index in [4.69, 9.17) is 5.73 Å². The molecule has 0 saturated carbocycles. The molecule has 1 aliphatic heterocycles. The number of alkyl halides is 2. The predicted octanol–water partition coefficient (Wildman–Crippen LogP) is 2.81. The SMILES string of the molecule is CC1(CN)CCN(C(=O)c2ccc(SC(F)F)cc2)C1. The molecule has 1 aliphatic rings. The van der Waals surface area contributed by atoms with Gasteiger partial charge in [0.2, 0.25) is 0 Å². The molecule has 3 nitrogen and oxygen atoms in total. The molecule has 1 saturated heterocycles. The van der Waals surface area contributed by atoms with E-state index in [-0.39, 0.29) is 11.3 Å². The Morgan fingerprint density at radius 1 is 1.45 bits per heavy atom. The quantitative estimate of drug-likeness (QED) is 0.870. The van der Waals surface area contributed by atoms with Crippen molar-refractivity contribution < 1.29 is 13.6 Å². The Morgan fingerprint density at radius 2 is 2.10 bits per heavy atom. The van der Waals surface area contributed by atoms with Gasteiger partial charge in [0.1, 0.15) is 0 Å². The van der Waals surface area contributed by atoms with Crippen molar-refractivity contribution in [3.05, 3.63) is 29.8 Å². The number of halogens is 2. The Bertz CT molecular complexity index is 481. The predicted molar refractivity (Wildman–Crippen MR) is 76.0 cm³/mol. The van der Waals surface area contributed by atoms with Crippen LogP contribution >= 0.6 is 11.8 Å². The van der Waals surface area contributed by atoms with Gasteiger partial charge in [-0.05, 0) is 42.6 Å². The number of rotatable bonds is 4. The van der Waals surface area contributed by atoms with Crippen LogP contribution in [0.25, 0.3) is 0 Å². The van der Waals surface area contributed by atoms with Crippen LogP contribution in [-0.4, -0.2) is 36.2 Å². The number of nitrogens with zero attached hydrogens (tertiary/aromatic N) is 1. The number of hydrogen-bond donors (Lipinski definition) is 1. The van der Waals surface area contributed by atoms with E-state index in [1.165, 1.54) is 0 Å². The third-order valence-electron chi connectivity index (χ3n) is 3.66. The van der Waals surface area contributed by atoms with Crippen LogP contribution < -0.4 is 5.73 Å². The summed E-state index contributed by atoms with van der Waals surface area (Å²) in [7, 11) is 0. The van der Waals surface area contributed by atoms with Crippen molar-refractivity contribution in [2.45, 2.75) is 24.0 Å². The molecule has 1 amide bonds. The van der Waals surface area contributed by atoms with E-state index in [2.05, 4.69) is 6.92 Å². The molecule has 1 atom stereocenters. The van der Waals surface area contributed by atoms with Crippen LogP contribution in [0.2, 0.25) is 0 Å². The summed E-state index contributed by atoms with van der Waals surface area (Å²) in [5.41, 5.74) is 6.24. The molecule has 1 aromatic rings. The summed E-state index contributed by atoms with van der Waals surface area (Å²) in [6.07, 6.45) is 0.897. The highest BCUT2D eigenvalue weighted by Crippen LogP contribution is 2.30. The summed E-state index contributed by atoms with van der Waals surface area (Å²) in [5.74, 6) is -2.50. The van der Waals surface area contributed by atoms with Gasteiger partial charge in [0.25, 0.3) is 11.7 Å². The lowest BCUT2D eigenvalue weighted by molar-refractivity contribution is 0.0777. The number of carbonyl (C=O) groups is 1. The molecule has 110 valence electrons. The van der Waals surface area contributed by atoms with Crippen molar-refractivity contribution in [2.75, 3.05) is 19.6 Å². The van der Waals surface area contributed by atoms with E-state index in [0.717, 1.165) is 6.42 Å². The maximum Gasteiger partial charge on any atom is 0.288 e. The molecule has 0 spiro atoms. The first-order chi connectivity index (χ1) is 9.43. The highest BCUT2D eigenvalue weighted by molar-refractivity contribution is 7.99. The fourth-order valence-electron chi connectivity index (χ4n) is 2.33. The summed E-state index contributed by atoms with van der Waals surface area (Å²) >= 11 is 0.480. The Kier molecular flexibility index (Phi) is 4.65. The van der Waals surface area contributed by atoms with Crippen LogP contribution in [0.5, 0.6) is 0 Å². The molecular weight excluding hydrogens is 282 g/mol. The summed E-state index contributed by atoms with van der Waals surface area (Å²) in [6, 6.07) is 6.32. The second-order valence-electron chi connectivity index (χ2n) is 5.39. The summed E-state index contributed by atoms with van der Waals surface area (Å²) in [6.45, 7) is 3.97. The fourth-order valence-corrected chi connectivity index (χ4v) is 2.82. The first kappa shape index (κ1) is 15.3. The summed E-state index contributed by atoms with van der Waals surface area (Å²) in [5, 5.41) is 0. The minimum atomic E-state index is -2.44. The van der Waals surface area contributed by atoms with Gasteiger partial charge >= 0.3 is 0 Å². The molecule has 1 unspecified atom stereocenters. The van der Waals surface area contributed by atoms with Gasteiger partial charge in [-0.3, -0.25) is 4.79 Å². The van der Waals surface area contributed by atoms with Gasteiger partial charge in [-0.2, -0.15) is 8.78 Å². The number of likely N-dealkylation sites (tertiary alicyclic amines) is 1. The van der Waals surface area contributed by atoms with Gasteiger partial charge in [-0.25, -0.2) is 0 Å². The molecule has 1 aromatic carbocycles. The molecule has 0 aromatic heterocycles. The molecule has 2 rings (SSSR count). The molecule has 0 aliphatic carbocycles. The van der Waals surface area contributed by atoms with E-state index >= 15 is 0 Å². The van der Waals surface area contributed by atoms with Crippen LogP contribution in [0.3, 0.4) is 0 Å². The zero-order valence-electron chi connectivity index (χ0n) is 11.3. The van der Waals surface area contributed by atoms with Crippen LogP contribution in [0.4, 0.5) is 8.78 Å². The second-order valence-corrected chi connectivity index (χ2v) is 6.46. The topological polar surface area (TPSA) is 46.3 Å². The van der Waals surface area contributed by atoms with Crippen LogP contribution in [0, 0.1) is 5.41 Å². The Balaban J connectivity index is 2.03. The number of hydrogen-bond acceptors (Lipinski definition) is 3. The minimum absolute atomic E-state index is 0.0128. The molecule has 0 radical (unpaired) electrons. The van der Waals surface area contributed by atoms with Crippen molar-refractivity contribution >= 4 is 17.7 Å². The molecular formula is C14H18F2N2OS. The van der Waals surface area contributed by atoms with E-state index in [9.17, 15) is 13.6 Å². The Morgan fingerprint density at radius 3 is 2.60 bits per heavy atom. The summed E-state index contributed by atoms with van der Waals surface area (Å²) in [4.78, 5) is 14.6. The molecule has 20 heavy (non-hydrogen) atoms. The third kappa shape index (κ3) is 3.49. The Hall–Kier alpha value is -1.14. The molecule has 6 heteroatoms. The first-order valence-electron chi connectivity index (χ1n) is 6.48. The third-order valence-corrected chi connectivity index (χ3v) is 4.39. The number of carbonyl (C=O) groups excluding carboxylic acids is 1. The zero-order chi connectivity index (χ0) is 14.8. The zero-order valence-corrected chi connectivity index (χ0v) is 12.1. The van der Waals surface area contributed by atoms with Crippen molar-refractivity contribution in [2.24, 2.45) is 11.1 Å². The lowest BCUT2D eigenvalue weighted by Crippen LogP contribution is -2.34. The number of amides is 1. The number of benzene rings is 1. The minimum Gasteiger partial charge on any atom is -0.338 e. The van der Waals surface area contributed by atoms with Gasteiger partial charge in [0.15, 0.2) is 0 Å². The van der Waals surface area contributed by atoms with E-state index in [1.807, 2.05) is 0 Å². The average Bonchev–Trinajstić information content (AvgIpc) is 2.82. The normalized spacial score (nSPS) is 22.6. The average molecular weight is 300 g/mol. The van der Waals surface area contributed by atoms with Gasteiger partial charge in [0, 0.05) is 23.5 Å². The highest BCUT2D eigenvalue weighted by atomic mass is 32.2. The summed E-state index contributed by atoms with van der Waals surface area (Å²) < 4.78 is 24.5. The standard InChI is InChI=1S/C14H18F2N2OS/c1-14(8-17)6-7-18(9-14)12(19)10-2-4-11(5-3-10)20-13(15)16/h2-5,13H,6-9,17H2,1H3. The monoisotopic (exact) mass is 300 g/mol. The van der Waals surface area contributed by atoms with Crippen LogP contribution in [-0.2, 0) is 0 Å². The van der Waals surface area contributed by atoms with Gasteiger partial charge in [-0.1, -0.05) is 18.7 Å². The number of nitrogens with two attached hydrogens (primary N) is 1. The van der Waals surface area contributed by atoms with Crippen molar-refractivity contribution in [3.8, 4) is 0 Å².